The Kier molecular flexibility index (Phi) is 4.13. The number of nitrogens with one attached hydrogen (secondary N) is 2. The summed E-state index contributed by atoms with van der Waals surface area (Å²) in [6.07, 6.45) is 0. The number of hydrogen-bond acceptors (Lipinski definition) is 3. The second-order valence-corrected chi connectivity index (χ2v) is 4.48. The smallest absolute Gasteiger partial charge is 0.274 e. The van der Waals surface area contributed by atoms with Crippen LogP contribution in [0, 0.1) is 0 Å². The molecule has 1 amide bonds. The van der Waals surface area contributed by atoms with Gasteiger partial charge in [0.25, 0.3) is 11.5 Å². The van der Waals surface area contributed by atoms with E-state index in [-0.39, 0.29) is 18.0 Å². The third kappa shape index (κ3) is 3.30. The largest absolute Gasteiger partial charge is 0.354 e. The van der Waals surface area contributed by atoms with E-state index in [0.29, 0.717) is 28.3 Å². The van der Waals surface area contributed by atoms with Gasteiger partial charge >= 0.3 is 0 Å². The number of nitrogens with zero attached hydrogens (tertiary/aromatic N) is 1. The molecule has 0 fully saturated rings. The van der Waals surface area contributed by atoms with E-state index >= 15 is 0 Å². The zero-order chi connectivity index (χ0) is 13.8. The highest BCUT2D eigenvalue weighted by molar-refractivity contribution is 6.31. The number of rotatable bonds is 4. The van der Waals surface area contributed by atoms with E-state index in [1.54, 1.807) is 30.6 Å². The van der Waals surface area contributed by atoms with Gasteiger partial charge in [0.05, 0.1) is 10.9 Å². The number of fused-ring (bicyclic) bond motifs is 1. The number of halogens is 1. The molecular formula is C12H14ClN4O2+. The minimum absolute atomic E-state index is 0.0776. The monoisotopic (exact) mass is 281 g/mol. The summed E-state index contributed by atoms with van der Waals surface area (Å²) in [5.74, 6) is 0.440. The van der Waals surface area contributed by atoms with E-state index in [2.05, 4.69) is 15.3 Å². The molecule has 0 aliphatic carbocycles. The van der Waals surface area contributed by atoms with Crippen molar-refractivity contribution in [2.75, 3.05) is 13.6 Å². The van der Waals surface area contributed by atoms with E-state index in [1.807, 2.05) is 0 Å². The molecule has 0 spiro atoms. The van der Waals surface area contributed by atoms with Gasteiger partial charge in [-0.2, -0.15) is 0 Å². The van der Waals surface area contributed by atoms with E-state index < -0.39 is 0 Å². The van der Waals surface area contributed by atoms with Crippen molar-refractivity contribution >= 4 is 28.4 Å². The zero-order valence-electron chi connectivity index (χ0n) is 10.4. The van der Waals surface area contributed by atoms with Gasteiger partial charge in [0.2, 0.25) is 0 Å². The fraction of sp³-hybridized carbons (Fsp3) is 0.250. The van der Waals surface area contributed by atoms with Crippen molar-refractivity contribution < 1.29 is 10.1 Å². The van der Waals surface area contributed by atoms with Gasteiger partial charge in [-0.3, -0.25) is 9.59 Å². The molecule has 7 heteroatoms. The molecule has 0 bridgehead atoms. The molecule has 4 N–H and O–H groups in total. The van der Waals surface area contributed by atoms with Crippen molar-refractivity contribution in [3.8, 4) is 0 Å². The third-order valence-electron chi connectivity index (χ3n) is 2.66. The molecule has 100 valence electrons. The first-order chi connectivity index (χ1) is 9.10. The van der Waals surface area contributed by atoms with Crippen LogP contribution in [0.25, 0.3) is 10.9 Å². The number of benzene rings is 1. The topological polar surface area (TPSA) is 91.5 Å². The van der Waals surface area contributed by atoms with E-state index in [1.165, 1.54) is 0 Å². The molecule has 1 aromatic heterocycles. The van der Waals surface area contributed by atoms with E-state index in [4.69, 9.17) is 11.6 Å². The molecule has 19 heavy (non-hydrogen) atoms. The molecule has 0 radical (unpaired) electrons. The standard InChI is InChI=1S/C12H13ClN4O2/c1-14-11(18)6-15-5-10-16-9-4-7(13)2-3-8(9)12(19)17-10/h2-4,15H,5-6H2,1H3,(H,14,18)(H,16,17,19)/p+1. The number of carbonyl (C=O) groups is 1. The normalized spacial score (nSPS) is 10.6. The van der Waals surface area contributed by atoms with Crippen LogP contribution in [0.2, 0.25) is 5.02 Å². The molecular weight excluding hydrogens is 268 g/mol. The Bertz CT molecular complexity index is 668. The summed E-state index contributed by atoms with van der Waals surface area (Å²) >= 11 is 5.88. The first kappa shape index (κ1) is 13.5. The number of H-pyrrole nitrogens is 1. The lowest BCUT2D eigenvalue weighted by atomic mass is 10.2. The fourth-order valence-electron chi connectivity index (χ4n) is 1.70. The number of quaternary nitrogens is 1. The summed E-state index contributed by atoms with van der Waals surface area (Å²) < 4.78 is 0. The predicted octanol–water partition coefficient (Wildman–Crippen LogP) is -0.614. The number of likely N-dealkylation sites (N-methyl/N-ethyl adjacent to an activating group) is 1. The zero-order valence-corrected chi connectivity index (χ0v) is 11.1. The second kappa shape index (κ2) is 5.81. The lowest BCUT2D eigenvalue weighted by molar-refractivity contribution is -0.661. The Hall–Kier alpha value is -1.92. The number of aromatic amines is 1. The minimum Gasteiger partial charge on any atom is -0.354 e. The van der Waals surface area contributed by atoms with Gasteiger partial charge in [0.15, 0.2) is 12.4 Å². The van der Waals surface area contributed by atoms with Crippen molar-refractivity contribution in [3.05, 3.63) is 39.4 Å². The van der Waals surface area contributed by atoms with Crippen LogP contribution in [-0.4, -0.2) is 29.5 Å². The number of nitrogens with two attached hydrogens (primary N) is 1. The molecule has 0 atom stereocenters. The molecule has 0 unspecified atom stereocenters. The lowest BCUT2D eigenvalue weighted by Gasteiger charge is -2.03. The average Bonchev–Trinajstić information content (AvgIpc) is 2.38. The van der Waals surface area contributed by atoms with Gasteiger partial charge in [-0.05, 0) is 18.2 Å². The van der Waals surface area contributed by atoms with Crippen molar-refractivity contribution in [1.82, 2.24) is 15.3 Å². The number of carbonyl (C=O) groups excluding carboxylic acids is 1. The molecule has 0 saturated heterocycles. The van der Waals surface area contributed by atoms with Crippen molar-refractivity contribution in [1.29, 1.82) is 0 Å². The third-order valence-corrected chi connectivity index (χ3v) is 2.90. The van der Waals surface area contributed by atoms with Crippen LogP contribution in [-0.2, 0) is 11.3 Å². The van der Waals surface area contributed by atoms with Crippen LogP contribution in [0.3, 0.4) is 0 Å². The molecule has 2 aromatic rings. The molecule has 6 nitrogen and oxygen atoms in total. The van der Waals surface area contributed by atoms with Crippen LogP contribution in [0.5, 0.6) is 0 Å². The van der Waals surface area contributed by atoms with Crippen LogP contribution >= 0.6 is 11.6 Å². The number of hydrogen-bond donors (Lipinski definition) is 3. The van der Waals surface area contributed by atoms with Crippen LogP contribution < -0.4 is 16.2 Å². The maximum Gasteiger partial charge on any atom is 0.274 e. The summed E-state index contributed by atoms with van der Waals surface area (Å²) in [4.78, 5) is 29.9. The summed E-state index contributed by atoms with van der Waals surface area (Å²) in [6.45, 7) is 0.707. The molecule has 0 aliphatic rings. The van der Waals surface area contributed by atoms with Gasteiger partial charge in [-0.15, -0.1) is 0 Å². The predicted molar refractivity (Wildman–Crippen MR) is 71.9 cm³/mol. The van der Waals surface area contributed by atoms with Crippen LogP contribution in [0.4, 0.5) is 0 Å². The Labute approximate surface area is 114 Å². The first-order valence-electron chi connectivity index (χ1n) is 5.81. The highest BCUT2D eigenvalue weighted by Crippen LogP contribution is 2.14. The number of aromatic nitrogens is 2. The van der Waals surface area contributed by atoms with Crippen molar-refractivity contribution in [2.24, 2.45) is 0 Å². The maximum absolute atomic E-state index is 11.8. The highest BCUT2D eigenvalue weighted by atomic mass is 35.5. The quantitative estimate of drug-likeness (QED) is 0.698. The lowest BCUT2D eigenvalue weighted by Crippen LogP contribution is -2.85. The first-order valence-corrected chi connectivity index (χ1v) is 6.18. The molecule has 1 aromatic carbocycles. The molecule has 0 aliphatic heterocycles. The second-order valence-electron chi connectivity index (χ2n) is 4.04. The summed E-state index contributed by atoms with van der Waals surface area (Å²) in [6, 6.07) is 4.94. The van der Waals surface area contributed by atoms with E-state index in [0.717, 1.165) is 0 Å². The van der Waals surface area contributed by atoms with Gasteiger partial charge < -0.3 is 15.6 Å². The summed E-state index contributed by atoms with van der Waals surface area (Å²) in [7, 11) is 1.58. The van der Waals surface area contributed by atoms with Gasteiger partial charge in [0, 0.05) is 12.1 Å². The molecule has 1 heterocycles. The van der Waals surface area contributed by atoms with E-state index in [9.17, 15) is 9.59 Å². The minimum atomic E-state index is -0.204. The Morgan fingerprint density at radius 3 is 3.05 bits per heavy atom. The molecule has 0 saturated carbocycles. The Morgan fingerprint density at radius 2 is 2.32 bits per heavy atom. The maximum atomic E-state index is 11.8. The Balaban J connectivity index is 2.20. The number of amides is 1. The van der Waals surface area contributed by atoms with Gasteiger partial charge in [-0.1, -0.05) is 11.6 Å². The fourth-order valence-corrected chi connectivity index (χ4v) is 1.87. The van der Waals surface area contributed by atoms with Crippen molar-refractivity contribution in [3.63, 3.8) is 0 Å². The summed E-state index contributed by atoms with van der Waals surface area (Å²) in [5.41, 5.74) is 0.351. The molecule has 2 rings (SSSR count). The average molecular weight is 282 g/mol. The van der Waals surface area contributed by atoms with Gasteiger partial charge in [0.1, 0.15) is 6.54 Å². The summed E-state index contributed by atoms with van der Waals surface area (Å²) in [5, 5.41) is 5.31. The Morgan fingerprint density at radius 1 is 1.53 bits per heavy atom. The van der Waals surface area contributed by atoms with Crippen LogP contribution in [0.1, 0.15) is 5.82 Å². The van der Waals surface area contributed by atoms with Gasteiger partial charge in [-0.25, -0.2) is 4.98 Å². The van der Waals surface area contributed by atoms with Crippen molar-refractivity contribution in [2.45, 2.75) is 6.54 Å². The van der Waals surface area contributed by atoms with Crippen LogP contribution in [0.15, 0.2) is 23.0 Å². The SMILES string of the molecule is CNC(=O)C[NH2+]Cc1nc2cc(Cl)ccc2c(=O)[nH]1. The highest BCUT2D eigenvalue weighted by Gasteiger charge is 2.07.